The Morgan fingerprint density at radius 3 is 2.82 bits per heavy atom. The molecule has 0 unspecified atom stereocenters. The fraction of sp³-hybridized carbons (Fsp3) is 0.292. The molecule has 1 aromatic carbocycles. The van der Waals surface area contributed by atoms with Gasteiger partial charge in [0.1, 0.15) is 5.76 Å². The first-order chi connectivity index (χ1) is 16.1. The van der Waals surface area contributed by atoms with Crippen molar-refractivity contribution in [2.75, 3.05) is 18.8 Å². The van der Waals surface area contributed by atoms with Gasteiger partial charge in [0, 0.05) is 60.0 Å². The third-order valence-corrected chi connectivity index (χ3v) is 6.57. The van der Waals surface area contributed by atoms with E-state index in [1.165, 1.54) is 0 Å². The topological polar surface area (TPSA) is 115 Å². The maximum atomic E-state index is 11.6. The van der Waals surface area contributed by atoms with Gasteiger partial charge in [0.25, 0.3) is 0 Å². The number of hydrogen-bond donors (Lipinski definition) is 1. The molecule has 0 saturated carbocycles. The summed E-state index contributed by atoms with van der Waals surface area (Å²) in [5.74, 6) is 1.19. The zero-order valence-corrected chi connectivity index (χ0v) is 18.2. The second-order valence-electron chi connectivity index (χ2n) is 8.60. The molecule has 4 aromatic rings. The highest BCUT2D eigenvalue weighted by Crippen LogP contribution is 2.39. The normalized spacial score (nSPS) is 16.0. The van der Waals surface area contributed by atoms with Crippen LogP contribution in [-0.4, -0.2) is 38.7 Å². The van der Waals surface area contributed by atoms with Gasteiger partial charge in [0.2, 0.25) is 5.91 Å². The van der Waals surface area contributed by atoms with Crippen LogP contribution in [0.5, 0.6) is 0 Å². The summed E-state index contributed by atoms with van der Waals surface area (Å²) in [6, 6.07) is 8.30. The van der Waals surface area contributed by atoms with Crippen molar-refractivity contribution in [3.63, 3.8) is 0 Å². The largest absolute Gasteiger partial charge is 0.452 e. The molecule has 0 aliphatic carbocycles. The van der Waals surface area contributed by atoms with Crippen molar-refractivity contribution in [1.82, 2.24) is 19.7 Å². The van der Waals surface area contributed by atoms with Crippen LogP contribution in [0.4, 0.5) is 11.5 Å². The molecule has 1 fully saturated rings. The highest BCUT2D eigenvalue weighted by atomic mass is 16.3. The third-order valence-electron chi connectivity index (χ3n) is 6.57. The number of pyridine rings is 1. The molecule has 6 rings (SSSR count). The highest BCUT2D eigenvalue weighted by Gasteiger charge is 2.23. The van der Waals surface area contributed by atoms with E-state index in [1.807, 2.05) is 46.2 Å². The van der Waals surface area contributed by atoms with Crippen LogP contribution >= 0.6 is 0 Å². The number of anilines is 1. The highest BCUT2D eigenvalue weighted by molar-refractivity contribution is 6.00. The minimum Gasteiger partial charge on any atom is -0.452 e. The van der Waals surface area contributed by atoms with Crippen molar-refractivity contribution >= 4 is 28.4 Å². The molecule has 1 amide bonds. The van der Waals surface area contributed by atoms with Crippen molar-refractivity contribution in [3.8, 4) is 22.5 Å². The van der Waals surface area contributed by atoms with E-state index in [-0.39, 0.29) is 11.9 Å². The number of furan rings is 1. The first-order valence-corrected chi connectivity index (χ1v) is 11.1. The smallest absolute Gasteiger partial charge is 0.219 e. The lowest BCUT2D eigenvalue weighted by atomic mass is 10.0. The number of carbonyl (C=O) groups excluding carboxylic acids is 1. The van der Waals surface area contributed by atoms with Gasteiger partial charge in [0.05, 0.1) is 24.5 Å². The number of benzene rings is 1. The van der Waals surface area contributed by atoms with Crippen LogP contribution in [0.25, 0.3) is 33.4 Å². The molecule has 5 heterocycles. The molecule has 9 nitrogen and oxygen atoms in total. The fourth-order valence-electron chi connectivity index (χ4n) is 4.67. The summed E-state index contributed by atoms with van der Waals surface area (Å²) in [7, 11) is 0. The van der Waals surface area contributed by atoms with E-state index in [0.29, 0.717) is 23.7 Å². The number of likely N-dealkylation sites (tertiary alicyclic amines) is 1. The molecule has 0 atom stereocenters. The van der Waals surface area contributed by atoms with E-state index in [2.05, 4.69) is 20.3 Å². The average Bonchev–Trinajstić information content (AvgIpc) is 3.58. The maximum absolute atomic E-state index is 11.6. The predicted octanol–water partition coefficient (Wildman–Crippen LogP) is 4.72. The molecule has 0 radical (unpaired) electrons. The summed E-state index contributed by atoms with van der Waals surface area (Å²) in [4.78, 5) is 17.9. The number of nitrogens with two attached hydrogens (primary N) is 1. The molecule has 166 valence electrons. The summed E-state index contributed by atoms with van der Waals surface area (Å²) in [5, 5.41) is 13.8. The number of fused-ring (bicyclic) bond motifs is 2. The molecule has 2 aliphatic heterocycles. The van der Waals surface area contributed by atoms with E-state index in [0.717, 1.165) is 59.3 Å². The number of hydrogen-bond acceptors (Lipinski definition) is 7. The van der Waals surface area contributed by atoms with Gasteiger partial charge in [-0.1, -0.05) is 12.1 Å². The molecule has 0 bridgehead atoms. The van der Waals surface area contributed by atoms with E-state index >= 15 is 0 Å². The van der Waals surface area contributed by atoms with Gasteiger partial charge in [0.15, 0.2) is 11.4 Å². The lowest BCUT2D eigenvalue weighted by Gasteiger charge is -2.31. The summed E-state index contributed by atoms with van der Waals surface area (Å²) in [6.45, 7) is 3.76. The van der Waals surface area contributed by atoms with Crippen LogP contribution in [0.3, 0.4) is 0 Å². The number of nitrogens with zero attached hydrogens (tertiary/aromatic N) is 6. The fourth-order valence-corrected chi connectivity index (χ4v) is 4.67. The van der Waals surface area contributed by atoms with Crippen molar-refractivity contribution < 1.29 is 9.21 Å². The molecule has 9 heteroatoms. The van der Waals surface area contributed by atoms with Gasteiger partial charge in [-0.3, -0.25) is 9.48 Å². The van der Waals surface area contributed by atoms with Crippen LogP contribution in [-0.2, 0) is 11.3 Å². The number of aromatic nitrogens is 3. The van der Waals surface area contributed by atoms with E-state index in [1.54, 1.807) is 13.1 Å². The van der Waals surface area contributed by atoms with Crippen molar-refractivity contribution in [1.29, 1.82) is 0 Å². The molecule has 0 spiro atoms. The minimum absolute atomic E-state index is 0.132. The Bertz CT molecular complexity index is 1410. The minimum atomic E-state index is 0.132. The van der Waals surface area contributed by atoms with Gasteiger partial charge < -0.3 is 15.1 Å². The number of piperidine rings is 1. The SMILES string of the molecule is CC(=O)N1CCC(n2cc(-c3cnc(N)c4oc(-c5ccc6c(c5)N=NC6)cc34)cn2)CC1. The maximum Gasteiger partial charge on any atom is 0.219 e. The van der Waals surface area contributed by atoms with Crippen LogP contribution in [0.1, 0.15) is 31.4 Å². The summed E-state index contributed by atoms with van der Waals surface area (Å²) < 4.78 is 8.14. The quantitative estimate of drug-likeness (QED) is 0.494. The van der Waals surface area contributed by atoms with Gasteiger partial charge in [-0.15, -0.1) is 0 Å². The van der Waals surface area contributed by atoms with Crippen molar-refractivity contribution in [2.24, 2.45) is 10.2 Å². The Morgan fingerprint density at radius 1 is 1.15 bits per heavy atom. The van der Waals surface area contributed by atoms with Gasteiger partial charge in [-0.05, 0) is 25.0 Å². The third kappa shape index (κ3) is 3.36. The monoisotopic (exact) mass is 441 g/mol. The summed E-state index contributed by atoms with van der Waals surface area (Å²) in [5.41, 5.74) is 11.5. The Kier molecular flexibility index (Phi) is 4.49. The lowest BCUT2D eigenvalue weighted by Crippen LogP contribution is -2.37. The zero-order valence-electron chi connectivity index (χ0n) is 18.2. The molecular weight excluding hydrogens is 418 g/mol. The Hall–Kier alpha value is -4.01. The van der Waals surface area contributed by atoms with Crippen molar-refractivity contribution in [2.45, 2.75) is 32.4 Å². The van der Waals surface area contributed by atoms with Gasteiger partial charge >= 0.3 is 0 Å². The molecular formula is C24H23N7O2. The molecule has 3 aromatic heterocycles. The van der Waals surface area contributed by atoms with E-state index in [4.69, 9.17) is 10.2 Å². The number of rotatable bonds is 3. The zero-order chi connectivity index (χ0) is 22.5. The molecule has 1 saturated heterocycles. The van der Waals surface area contributed by atoms with Crippen LogP contribution in [0, 0.1) is 0 Å². The van der Waals surface area contributed by atoms with Crippen molar-refractivity contribution in [3.05, 3.63) is 48.4 Å². The van der Waals surface area contributed by atoms with Gasteiger partial charge in [-0.2, -0.15) is 15.3 Å². The standard InChI is InChI=1S/C24H23N7O2/c1-14(32)30-6-4-18(5-7-30)31-13-17(11-28-31)20-12-26-24(25)23-19(20)9-22(33-23)15-2-3-16-10-27-29-21(16)8-15/h2-3,8-9,11-13,18H,4-7,10H2,1H3,(H2,25,26). The van der Waals surface area contributed by atoms with E-state index < -0.39 is 0 Å². The predicted molar refractivity (Wildman–Crippen MR) is 124 cm³/mol. The Balaban J connectivity index is 1.34. The van der Waals surface area contributed by atoms with Crippen LogP contribution in [0.15, 0.2) is 57.5 Å². The van der Waals surface area contributed by atoms with Crippen LogP contribution < -0.4 is 5.73 Å². The summed E-state index contributed by atoms with van der Waals surface area (Å²) >= 11 is 0. The lowest BCUT2D eigenvalue weighted by molar-refractivity contribution is -0.130. The molecule has 33 heavy (non-hydrogen) atoms. The second kappa shape index (κ2) is 7.54. The number of amides is 1. The van der Waals surface area contributed by atoms with Crippen LogP contribution in [0.2, 0.25) is 0 Å². The number of azo groups is 1. The Labute approximate surface area is 189 Å². The molecule has 2 aliphatic rings. The second-order valence-corrected chi connectivity index (χ2v) is 8.60. The first kappa shape index (κ1) is 19.7. The van der Waals surface area contributed by atoms with Gasteiger partial charge in [-0.25, -0.2) is 4.98 Å². The summed E-state index contributed by atoms with van der Waals surface area (Å²) in [6.07, 6.45) is 7.45. The molecule has 2 N–H and O–H groups in total. The first-order valence-electron chi connectivity index (χ1n) is 11.1. The number of nitrogen functional groups attached to an aromatic ring is 1. The Morgan fingerprint density at radius 2 is 2.00 bits per heavy atom. The average molecular weight is 441 g/mol. The number of carbonyl (C=O) groups is 1. The van der Waals surface area contributed by atoms with E-state index in [9.17, 15) is 4.79 Å².